The molecule has 0 saturated carbocycles. The summed E-state index contributed by atoms with van der Waals surface area (Å²) in [5.74, 6) is 0.242. The van der Waals surface area contributed by atoms with E-state index in [1.807, 2.05) is 19.1 Å². The van der Waals surface area contributed by atoms with E-state index in [4.69, 9.17) is 0 Å². The molecule has 0 radical (unpaired) electrons. The van der Waals surface area contributed by atoms with Crippen molar-refractivity contribution in [2.45, 2.75) is 38.9 Å². The number of benzene rings is 1. The molecule has 3 amide bonds. The number of piperidine rings is 1. The SMILES string of the molecule is CC[C@@H]1CN(C(=O)Nc2cccc(C(F)(F)F)c2)CC[C@H]1CC(=O)NCc1cccnc1. The number of pyridine rings is 1. The molecule has 2 atom stereocenters. The summed E-state index contributed by atoms with van der Waals surface area (Å²) >= 11 is 0. The first-order valence-corrected chi connectivity index (χ1v) is 10.6. The van der Waals surface area contributed by atoms with Gasteiger partial charge < -0.3 is 15.5 Å². The van der Waals surface area contributed by atoms with Crippen molar-refractivity contribution in [1.82, 2.24) is 15.2 Å². The largest absolute Gasteiger partial charge is 0.416 e. The van der Waals surface area contributed by atoms with Crippen LogP contribution in [0, 0.1) is 11.8 Å². The summed E-state index contributed by atoms with van der Waals surface area (Å²) in [4.78, 5) is 30.7. The number of carbonyl (C=O) groups is 2. The molecule has 1 aliphatic rings. The molecular weight excluding hydrogens is 421 g/mol. The summed E-state index contributed by atoms with van der Waals surface area (Å²) in [6.07, 6.45) is 0.749. The van der Waals surface area contributed by atoms with Crippen LogP contribution in [0.3, 0.4) is 0 Å². The van der Waals surface area contributed by atoms with Crippen LogP contribution in [0.1, 0.15) is 37.3 Å². The Morgan fingerprint density at radius 1 is 1.19 bits per heavy atom. The molecule has 0 bridgehead atoms. The van der Waals surface area contributed by atoms with Gasteiger partial charge in [-0.05, 0) is 48.1 Å². The number of halogens is 3. The lowest BCUT2D eigenvalue weighted by molar-refractivity contribution is -0.137. The van der Waals surface area contributed by atoms with Crippen molar-refractivity contribution in [1.29, 1.82) is 0 Å². The van der Waals surface area contributed by atoms with E-state index in [1.54, 1.807) is 17.3 Å². The third-order valence-corrected chi connectivity index (χ3v) is 5.80. The van der Waals surface area contributed by atoms with Crippen molar-refractivity contribution in [3.05, 3.63) is 59.9 Å². The highest BCUT2D eigenvalue weighted by atomic mass is 19.4. The Bertz CT molecular complexity index is 921. The number of hydrogen-bond acceptors (Lipinski definition) is 3. The average molecular weight is 448 g/mol. The second-order valence-corrected chi connectivity index (χ2v) is 8.01. The quantitative estimate of drug-likeness (QED) is 0.674. The van der Waals surface area contributed by atoms with Crippen LogP contribution in [-0.4, -0.2) is 34.9 Å². The minimum absolute atomic E-state index is 0.0424. The highest BCUT2D eigenvalue weighted by molar-refractivity contribution is 5.89. The van der Waals surface area contributed by atoms with Gasteiger partial charge >= 0.3 is 12.2 Å². The van der Waals surface area contributed by atoms with Crippen LogP contribution >= 0.6 is 0 Å². The van der Waals surface area contributed by atoms with Crippen molar-refractivity contribution in [3.63, 3.8) is 0 Å². The maximum atomic E-state index is 12.9. The van der Waals surface area contributed by atoms with Gasteiger partial charge in [0.05, 0.1) is 5.56 Å². The number of likely N-dealkylation sites (tertiary alicyclic amines) is 1. The van der Waals surface area contributed by atoms with Crippen molar-refractivity contribution in [2.24, 2.45) is 11.8 Å². The van der Waals surface area contributed by atoms with Gasteiger partial charge in [0.15, 0.2) is 0 Å². The van der Waals surface area contributed by atoms with Gasteiger partial charge in [0.1, 0.15) is 0 Å². The molecule has 2 heterocycles. The van der Waals surface area contributed by atoms with Gasteiger partial charge in [-0.3, -0.25) is 9.78 Å². The zero-order chi connectivity index (χ0) is 23.1. The molecule has 1 aromatic heterocycles. The predicted molar refractivity (Wildman–Crippen MR) is 115 cm³/mol. The molecule has 1 aromatic carbocycles. The molecule has 0 aliphatic carbocycles. The van der Waals surface area contributed by atoms with Crippen molar-refractivity contribution < 1.29 is 22.8 Å². The van der Waals surface area contributed by atoms with Gasteiger partial charge in [-0.1, -0.05) is 25.5 Å². The van der Waals surface area contributed by atoms with Crippen LogP contribution in [0.5, 0.6) is 0 Å². The van der Waals surface area contributed by atoms with E-state index in [1.165, 1.54) is 12.1 Å². The molecular formula is C23H27F3N4O2. The van der Waals surface area contributed by atoms with E-state index in [0.717, 1.165) is 24.1 Å². The van der Waals surface area contributed by atoms with Crippen molar-refractivity contribution >= 4 is 17.6 Å². The van der Waals surface area contributed by atoms with E-state index in [0.29, 0.717) is 32.5 Å². The monoisotopic (exact) mass is 448 g/mol. The van der Waals surface area contributed by atoms with Crippen LogP contribution in [0.2, 0.25) is 0 Å². The minimum Gasteiger partial charge on any atom is -0.352 e. The number of carbonyl (C=O) groups excluding carboxylic acids is 2. The number of urea groups is 1. The topological polar surface area (TPSA) is 74.3 Å². The van der Waals surface area contributed by atoms with Crippen molar-refractivity contribution in [2.75, 3.05) is 18.4 Å². The Hall–Kier alpha value is -3.10. The number of alkyl halides is 3. The first-order valence-electron chi connectivity index (χ1n) is 10.6. The van der Waals surface area contributed by atoms with E-state index < -0.39 is 17.8 Å². The molecule has 2 aromatic rings. The smallest absolute Gasteiger partial charge is 0.352 e. The lowest BCUT2D eigenvalue weighted by Crippen LogP contribution is -2.46. The molecule has 2 N–H and O–H groups in total. The Balaban J connectivity index is 1.52. The highest BCUT2D eigenvalue weighted by Gasteiger charge is 2.33. The lowest BCUT2D eigenvalue weighted by atomic mass is 9.81. The molecule has 3 rings (SSSR count). The number of nitrogens with one attached hydrogen (secondary N) is 2. The van der Waals surface area contributed by atoms with Gasteiger partial charge in [-0.2, -0.15) is 13.2 Å². The third-order valence-electron chi connectivity index (χ3n) is 5.80. The fourth-order valence-corrected chi connectivity index (χ4v) is 3.99. The number of anilines is 1. The summed E-state index contributed by atoms with van der Waals surface area (Å²) in [5, 5.41) is 5.48. The maximum absolute atomic E-state index is 12.9. The highest BCUT2D eigenvalue weighted by Crippen LogP contribution is 2.32. The van der Waals surface area contributed by atoms with Crippen LogP contribution in [-0.2, 0) is 17.5 Å². The summed E-state index contributed by atoms with van der Waals surface area (Å²) in [5.41, 5.74) is 0.224. The number of rotatable bonds is 6. The fourth-order valence-electron chi connectivity index (χ4n) is 3.99. The summed E-state index contributed by atoms with van der Waals surface area (Å²) < 4.78 is 38.7. The molecule has 1 aliphatic heterocycles. The van der Waals surface area contributed by atoms with Gasteiger partial charge in [-0.25, -0.2) is 4.79 Å². The van der Waals surface area contributed by atoms with Gasteiger partial charge in [-0.15, -0.1) is 0 Å². The molecule has 0 spiro atoms. The normalized spacial score (nSPS) is 18.8. The first-order chi connectivity index (χ1) is 15.3. The van der Waals surface area contributed by atoms with E-state index in [2.05, 4.69) is 15.6 Å². The standard InChI is InChI=1S/C23H27F3N4O2/c1-2-17-15-30(22(32)29-20-7-3-6-19(12-20)23(24,25)26)10-8-18(17)11-21(31)28-14-16-5-4-9-27-13-16/h3-7,9,12-13,17-18H,2,8,10-11,14-15H2,1H3,(H,28,31)(H,29,32)/t17-,18+/m1/s1. The Kier molecular flexibility index (Phi) is 7.71. The minimum atomic E-state index is -4.47. The number of nitrogens with zero attached hydrogens (tertiary/aromatic N) is 2. The second-order valence-electron chi connectivity index (χ2n) is 8.01. The average Bonchev–Trinajstić information content (AvgIpc) is 2.78. The first kappa shape index (κ1) is 23.6. The van der Waals surface area contributed by atoms with Crippen molar-refractivity contribution in [3.8, 4) is 0 Å². The molecule has 172 valence electrons. The summed E-state index contributed by atoms with van der Waals surface area (Å²) in [6, 6.07) is 7.87. The number of hydrogen-bond donors (Lipinski definition) is 2. The predicted octanol–water partition coefficient (Wildman–Crippen LogP) is 4.69. The zero-order valence-corrected chi connectivity index (χ0v) is 17.9. The molecule has 1 fully saturated rings. The van der Waals surface area contributed by atoms with Crippen LogP contribution < -0.4 is 10.6 Å². The molecule has 9 heteroatoms. The molecule has 6 nitrogen and oxygen atoms in total. The van der Waals surface area contributed by atoms with E-state index >= 15 is 0 Å². The summed E-state index contributed by atoms with van der Waals surface area (Å²) in [6.45, 7) is 3.34. The van der Waals surface area contributed by atoms with Crippen LogP contribution in [0.25, 0.3) is 0 Å². The maximum Gasteiger partial charge on any atom is 0.416 e. The summed E-state index contributed by atoms with van der Waals surface area (Å²) in [7, 11) is 0. The van der Waals surface area contributed by atoms with E-state index in [9.17, 15) is 22.8 Å². The molecule has 1 saturated heterocycles. The molecule has 32 heavy (non-hydrogen) atoms. The van der Waals surface area contributed by atoms with Gasteiger partial charge in [0, 0.05) is 44.1 Å². The Morgan fingerprint density at radius 3 is 2.69 bits per heavy atom. The second kappa shape index (κ2) is 10.5. The number of amides is 3. The van der Waals surface area contributed by atoms with Crippen LogP contribution in [0.4, 0.5) is 23.7 Å². The lowest BCUT2D eigenvalue weighted by Gasteiger charge is -2.38. The van der Waals surface area contributed by atoms with E-state index in [-0.39, 0.29) is 23.4 Å². The Labute approximate surface area is 185 Å². The van der Waals surface area contributed by atoms with Gasteiger partial charge in [0.25, 0.3) is 0 Å². The molecule has 0 unspecified atom stereocenters. The fraction of sp³-hybridized carbons (Fsp3) is 0.435. The van der Waals surface area contributed by atoms with Gasteiger partial charge in [0.2, 0.25) is 5.91 Å². The Morgan fingerprint density at radius 2 is 2.00 bits per heavy atom. The number of aromatic nitrogens is 1. The van der Waals surface area contributed by atoms with Crippen LogP contribution in [0.15, 0.2) is 48.8 Å². The zero-order valence-electron chi connectivity index (χ0n) is 17.9. The third kappa shape index (κ3) is 6.45.